The summed E-state index contributed by atoms with van der Waals surface area (Å²) in [6.07, 6.45) is 1.57. The van der Waals surface area contributed by atoms with Crippen LogP contribution in [0.1, 0.15) is 16.3 Å². The molecule has 16 heavy (non-hydrogen) atoms. The second-order valence-corrected chi connectivity index (χ2v) is 6.03. The first-order chi connectivity index (χ1) is 7.66. The molecule has 4 nitrogen and oxygen atoms in total. The van der Waals surface area contributed by atoms with Crippen LogP contribution in [0.25, 0.3) is 0 Å². The van der Waals surface area contributed by atoms with Gasteiger partial charge in [-0.2, -0.15) is 5.10 Å². The highest BCUT2D eigenvalue weighted by Crippen LogP contribution is 2.27. The Hall–Kier alpha value is -0.720. The molecule has 86 valence electrons. The lowest BCUT2D eigenvalue weighted by molar-refractivity contribution is 0.617. The van der Waals surface area contributed by atoms with Gasteiger partial charge in [0.1, 0.15) is 12.2 Å². The molecule has 6 heteroatoms. The molecule has 2 rings (SSSR count). The van der Waals surface area contributed by atoms with Crippen molar-refractivity contribution >= 4 is 27.3 Å². The standard InChI is InChI=1S/C10H13BrN4S/c1-7-3-8(16-10(7)11)4-12-5-9-13-6-14-15(9)2/h3,6,12H,4-5H2,1-2H3. The molecular formula is C10H13BrN4S. The largest absolute Gasteiger partial charge is 0.305 e. The summed E-state index contributed by atoms with van der Waals surface area (Å²) in [6.45, 7) is 3.71. The van der Waals surface area contributed by atoms with Crippen LogP contribution in [0.3, 0.4) is 0 Å². The van der Waals surface area contributed by atoms with E-state index in [9.17, 15) is 0 Å². The van der Waals surface area contributed by atoms with Gasteiger partial charge in [-0.3, -0.25) is 4.68 Å². The fourth-order valence-corrected chi connectivity index (χ4v) is 2.99. The number of nitrogens with one attached hydrogen (secondary N) is 1. The van der Waals surface area contributed by atoms with Crippen molar-refractivity contribution in [1.82, 2.24) is 20.1 Å². The van der Waals surface area contributed by atoms with Gasteiger partial charge in [0.25, 0.3) is 0 Å². The fraction of sp³-hybridized carbons (Fsp3) is 0.400. The van der Waals surface area contributed by atoms with Crippen LogP contribution in [-0.2, 0) is 20.1 Å². The number of aromatic nitrogens is 3. The summed E-state index contributed by atoms with van der Waals surface area (Å²) in [4.78, 5) is 5.48. The molecule has 2 aromatic heterocycles. The van der Waals surface area contributed by atoms with E-state index >= 15 is 0 Å². The van der Waals surface area contributed by atoms with E-state index in [1.165, 1.54) is 14.2 Å². The molecular weight excluding hydrogens is 288 g/mol. The molecule has 0 bridgehead atoms. The summed E-state index contributed by atoms with van der Waals surface area (Å²) in [5.41, 5.74) is 1.29. The molecule has 0 aliphatic heterocycles. The number of halogens is 1. The average Bonchev–Trinajstić information content (AvgIpc) is 2.76. The maximum absolute atomic E-state index is 4.15. The highest BCUT2D eigenvalue weighted by molar-refractivity contribution is 9.11. The number of nitrogens with zero attached hydrogens (tertiary/aromatic N) is 3. The normalized spacial score (nSPS) is 10.9. The summed E-state index contributed by atoms with van der Waals surface area (Å²) in [6, 6.07) is 2.19. The monoisotopic (exact) mass is 300 g/mol. The number of hydrogen-bond acceptors (Lipinski definition) is 4. The first kappa shape index (κ1) is 11.8. The van der Waals surface area contributed by atoms with Crippen LogP contribution in [0.5, 0.6) is 0 Å². The van der Waals surface area contributed by atoms with Crippen LogP contribution >= 0.6 is 27.3 Å². The predicted octanol–water partition coefficient (Wildman–Crippen LogP) is 2.24. The van der Waals surface area contributed by atoms with Crippen molar-refractivity contribution in [2.24, 2.45) is 7.05 Å². The Morgan fingerprint density at radius 3 is 2.88 bits per heavy atom. The van der Waals surface area contributed by atoms with E-state index < -0.39 is 0 Å². The van der Waals surface area contributed by atoms with Gasteiger partial charge >= 0.3 is 0 Å². The third kappa shape index (κ3) is 2.69. The lowest BCUT2D eigenvalue weighted by Gasteiger charge is -2.01. The first-order valence-corrected chi connectivity index (χ1v) is 6.56. The molecule has 0 unspecified atom stereocenters. The number of aryl methyl sites for hydroxylation is 2. The van der Waals surface area contributed by atoms with E-state index in [0.717, 1.165) is 18.9 Å². The fourth-order valence-electron chi connectivity index (χ4n) is 1.39. The first-order valence-electron chi connectivity index (χ1n) is 4.95. The van der Waals surface area contributed by atoms with E-state index in [-0.39, 0.29) is 0 Å². The van der Waals surface area contributed by atoms with Gasteiger partial charge in [0.2, 0.25) is 0 Å². The lowest BCUT2D eigenvalue weighted by atomic mass is 10.3. The highest BCUT2D eigenvalue weighted by atomic mass is 79.9. The molecule has 0 aliphatic carbocycles. The Bertz CT molecular complexity index is 457. The van der Waals surface area contributed by atoms with E-state index in [4.69, 9.17) is 0 Å². The zero-order valence-electron chi connectivity index (χ0n) is 9.20. The van der Waals surface area contributed by atoms with Gasteiger partial charge in [-0.25, -0.2) is 4.98 Å². The SMILES string of the molecule is Cc1cc(CNCc2ncnn2C)sc1Br. The van der Waals surface area contributed by atoms with Crippen LogP contribution in [0, 0.1) is 6.92 Å². The van der Waals surface area contributed by atoms with Crippen molar-refractivity contribution in [3.63, 3.8) is 0 Å². The number of thiophene rings is 1. The Labute approximate surface area is 107 Å². The zero-order chi connectivity index (χ0) is 11.5. The maximum atomic E-state index is 4.15. The van der Waals surface area contributed by atoms with Gasteiger partial charge in [0.15, 0.2) is 0 Å². The van der Waals surface area contributed by atoms with Crippen molar-refractivity contribution in [2.75, 3.05) is 0 Å². The summed E-state index contributed by atoms with van der Waals surface area (Å²) < 4.78 is 2.99. The second-order valence-electron chi connectivity index (χ2n) is 3.57. The predicted molar refractivity (Wildman–Crippen MR) is 68.3 cm³/mol. The van der Waals surface area contributed by atoms with Crippen LogP contribution in [0.15, 0.2) is 16.2 Å². The lowest BCUT2D eigenvalue weighted by Crippen LogP contribution is -2.15. The van der Waals surface area contributed by atoms with E-state index in [1.54, 1.807) is 22.3 Å². The molecule has 0 aromatic carbocycles. The van der Waals surface area contributed by atoms with Crippen molar-refractivity contribution in [3.05, 3.63) is 32.4 Å². The van der Waals surface area contributed by atoms with Crippen molar-refractivity contribution < 1.29 is 0 Å². The van der Waals surface area contributed by atoms with Crippen molar-refractivity contribution in [1.29, 1.82) is 0 Å². The van der Waals surface area contributed by atoms with Gasteiger partial charge in [-0.1, -0.05) is 0 Å². The minimum absolute atomic E-state index is 0.741. The van der Waals surface area contributed by atoms with Gasteiger partial charge in [-0.15, -0.1) is 11.3 Å². The van der Waals surface area contributed by atoms with Gasteiger partial charge < -0.3 is 5.32 Å². The Morgan fingerprint density at radius 2 is 2.31 bits per heavy atom. The molecule has 0 aliphatic rings. The minimum Gasteiger partial charge on any atom is -0.305 e. The third-order valence-electron chi connectivity index (χ3n) is 2.30. The summed E-state index contributed by atoms with van der Waals surface area (Å²) in [7, 11) is 1.90. The van der Waals surface area contributed by atoms with Crippen LogP contribution in [-0.4, -0.2) is 14.8 Å². The van der Waals surface area contributed by atoms with Gasteiger partial charge in [0.05, 0.1) is 10.3 Å². The molecule has 0 amide bonds. The molecule has 2 heterocycles. The van der Waals surface area contributed by atoms with Crippen LogP contribution in [0.2, 0.25) is 0 Å². The van der Waals surface area contributed by atoms with Crippen LogP contribution < -0.4 is 5.32 Å². The smallest absolute Gasteiger partial charge is 0.140 e. The van der Waals surface area contributed by atoms with Gasteiger partial charge in [0, 0.05) is 18.5 Å². The Balaban J connectivity index is 1.87. The summed E-state index contributed by atoms with van der Waals surface area (Å²) >= 11 is 5.29. The second kappa shape index (κ2) is 5.07. The maximum Gasteiger partial charge on any atom is 0.140 e. The molecule has 0 saturated carbocycles. The van der Waals surface area contributed by atoms with E-state index in [1.807, 2.05) is 7.05 Å². The highest BCUT2D eigenvalue weighted by Gasteiger charge is 2.03. The topological polar surface area (TPSA) is 42.7 Å². The molecule has 0 atom stereocenters. The van der Waals surface area contributed by atoms with Crippen molar-refractivity contribution in [3.8, 4) is 0 Å². The average molecular weight is 301 g/mol. The number of rotatable bonds is 4. The molecule has 0 spiro atoms. The summed E-state index contributed by atoms with van der Waals surface area (Å²) in [5, 5.41) is 7.37. The zero-order valence-corrected chi connectivity index (χ0v) is 11.6. The quantitative estimate of drug-likeness (QED) is 0.942. The molecule has 0 radical (unpaired) electrons. The number of hydrogen-bond donors (Lipinski definition) is 1. The van der Waals surface area contributed by atoms with Crippen molar-refractivity contribution in [2.45, 2.75) is 20.0 Å². The minimum atomic E-state index is 0.741. The van der Waals surface area contributed by atoms with E-state index in [2.05, 4.69) is 44.3 Å². The summed E-state index contributed by atoms with van der Waals surface area (Å²) in [5.74, 6) is 0.951. The molecule has 2 aromatic rings. The van der Waals surface area contributed by atoms with Gasteiger partial charge in [-0.05, 0) is 34.5 Å². The third-order valence-corrected chi connectivity index (χ3v) is 4.43. The Kier molecular flexibility index (Phi) is 3.73. The molecule has 1 N–H and O–H groups in total. The van der Waals surface area contributed by atoms with E-state index in [0.29, 0.717) is 0 Å². The molecule has 0 saturated heterocycles. The van der Waals surface area contributed by atoms with Crippen LogP contribution in [0.4, 0.5) is 0 Å². The Morgan fingerprint density at radius 1 is 1.50 bits per heavy atom. The molecule has 0 fully saturated rings.